The number of benzene rings is 1. The van der Waals surface area contributed by atoms with Crippen LogP contribution in [0.2, 0.25) is 0 Å². The average molecular weight is 245 g/mol. The number of hydrogen-bond donors (Lipinski definition) is 1. The van der Waals surface area contributed by atoms with Crippen LogP contribution in [-0.4, -0.2) is 19.0 Å². The SMILES string of the molecule is COC(=O)C1C(=O)NC(C)=CC1c1ccccc1. The number of esters is 1. The van der Waals surface area contributed by atoms with E-state index in [1.54, 1.807) is 6.92 Å². The van der Waals surface area contributed by atoms with Gasteiger partial charge in [0, 0.05) is 11.6 Å². The van der Waals surface area contributed by atoms with E-state index in [1.807, 2.05) is 36.4 Å². The Morgan fingerprint density at radius 3 is 2.56 bits per heavy atom. The minimum absolute atomic E-state index is 0.271. The van der Waals surface area contributed by atoms with Crippen LogP contribution in [0.1, 0.15) is 18.4 Å². The Balaban J connectivity index is 2.42. The van der Waals surface area contributed by atoms with Crippen molar-refractivity contribution in [3.63, 3.8) is 0 Å². The summed E-state index contributed by atoms with van der Waals surface area (Å²) < 4.78 is 4.72. The molecule has 0 radical (unpaired) electrons. The van der Waals surface area contributed by atoms with Crippen LogP contribution in [0.5, 0.6) is 0 Å². The third-order valence-electron chi connectivity index (χ3n) is 3.03. The first kappa shape index (κ1) is 12.4. The highest BCUT2D eigenvalue weighted by molar-refractivity contribution is 6.00. The quantitative estimate of drug-likeness (QED) is 0.636. The van der Waals surface area contributed by atoms with Crippen LogP contribution in [0.15, 0.2) is 42.1 Å². The molecule has 1 heterocycles. The van der Waals surface area contributed by atoms with Crippen molar-refractivity contribution in [2.45, 2.75) is 12.8 Å². The van der Waals surface area contributed by atoms with Crippen molar-refractivity contribution in [3.05, 3.63) is 47.7 Å². The zero-order valence-corrected chi connectivity index (χ0v) is 10.3. The Kier molecular flexibility index (Phi) is 3.46. The van der Waals surface area contributed by atoms with Crippen molar-refractivity contribution in [1.29, 1.82) is 0 Å². The lowest BCUT2D eigenvalue weighted by Crippen LogP contribution is -2.42. The Hall–Kier alpha value is -2.10. The van der Waals surface area contributed by atoms with Crippen molar-refractivity contribution in [3.8, 4) is 0 Å². The standard InChI is InChI=1S/C14H15NO3/c1-9-8-11(10-6-4-3-5-7-10)12(13(16)15-9)14(17)18-2/h3-8,11-12H,1-2H3,(H,15,16). The molecule has 2 rings (SSSR count). The molecule has 4 nitrogen and oxygen atoms in total. The first-order chi connectivity index (χ1) is 8.63. The Bertz CT molecular complexity index is 493. The molecule has 94 valence electrons. The fraction of sp³-hybridized carbons (Fsp3) is 0.286. The molecule has 0 saturated heterocycles. The summed E-state index contributed by atoms with van der Waals surface area (Å²) >= 11 is 0. The van der Waals surface area contributed by atoms with Gasteiger partial charge in [0.15, 0.2) is 0 Å². The highest BCUT2D eigenvalue weighted by Gasteiger charge is 2.38. The van der Waals surface area contributed by atoms with E-state index in [4.69, 9.17) is 4.74 Å². The number of amides is 1. The minimum atomic E-state index is -0.818. The van der Waals surface area contributed by atoms with E-state index in [0.29, 0.717) is 0 Å². The van der Waals surface area contributed by atoms with Crippen LogP contribution in [0.25, 0.3) is 0 Å². The first-order valence-electron chi connectivity index (χ1n) is 5.75. The molecule has 0 bridgehead atoms. The van der Waals surface area contributed by atoms with Gasteiger partial charge in [0.1, 0.15) is 5.92 Å². The van der Waals surface area contributed by atoms with Gasteiger partial charge in [-0.3, -0.25) is 9.59 Å². The summed E-state index contributed by atoms with van der Waals surface area (Å²) in [6.45, 7) is 1.81. The molecule has 2 atom stereocenters. The lowest BCUT2D eigenvalue weighted by atomic mass is 9.82. The van der Waals surface area contributed by atoms with Gasteiger partial charge in [-0.15, -0.1) is 0 Å². The van der Waals surface area contributed by atoms with E-state index >= 15 is 0 Å². The van der Waals surface area contributed by atoms with E-state index in [1.165, 1.54) is 7.11 Å². The summed E-state index contributed by atoms with van der Waals surface area (Å²) in [4.78, 5) is 23.7. The molecule has 0 saturated carbocycles. The van der Waals surface area contributed by atoms with Gasteiger partial charge in [0.25, 0.3) is 0 Å². The van der Waals surface area contributed by atoms with Gasteiger partial charge >= 0.3 is 5.97 Å². The van der Waals surface area contributed by atoms with Gasteiger partial charge in [-0.05, 0) is 12.5 Å². The Morgan fingerprint density at radius 2 is 1.94 bits per heavy atom. The predicted molar refractivity (Wildman–Crippen MR) is 66.6 cm³/mol. The maximum Gasteiger partial charge on any atom is 0.319 e. The second-order valence-corrected chi connectivity index (χ2v) is 4.28. The highest BCUT2D eigenvalue weighted by atomic mass is 16.5. The van der Waals surface area contributed by atoms with Crippen molar-refractivity contribution in [1.82, 2.24) is 5.32 Å². The fourth-order valence-corrected chi connectivity index (χ4v) is 2.19. The van der Waals surface area contributed by atoms with E-state index in [2.05, 4.69) is 5.32 Å². The van der Waals surface area contributed by atoms with Crippen molar-refractivity contribution in [2.24, 2.45) is 5.92 Å². The van der Waals surface area contributed by atoms with E-state index < -0.39 is 11.9 Å². The monoisotopic (exact) mass is 245 g/mol. The molecule has 0 fully saturated rings. The van der Waals surface area contributed by atoms with Gasteiger partial charge in [-0.2, -0.15) is 0 Å². The molecule has 2 unspecified atom stereocenters. The molecular weight excluding hydrogens is 230 g/mol. The smallest absolute Gasteiger partial charge is 0.319 e. The summed E-state index contributed by atoms with van der Waals surface area (Å²) in [6.07, 6.45) is 1.89. The fourth-order valence-electron chi connectivity index (χ4n) is 2.19. The summed E-state index contributed by atoms with van der Waals surface area (Å²) in [5.41, 5.74) is 1.69. The van der Waals surface area contributed by atoms with Crippen molar-refractivity contribution >= 4 is 11.9 Å². The maximum absolute atomic E-state index is 11.9. The topological polar surface area (TPSA) is 55.4 Å². The van der Waals surface area contributed by atoms with Gasteiger partial charge < -0.3 is 10.1 Å². The number of hydrogen-bond acceptors (Lipinski definition) is 3. The zero-order valence-electron chi connectivity index (χ0n) is 10.3. The lowest BCUT2D eigenvalue weighted by Gasteiger charge is -2.27. The van der Waals surface area contributed by atoms with Crippen LogP contribution in [0.3, 0.4) is 0 Å². The number of nitrogens with one attached hydrogen (secondary N) is 1. The summed E-state index contributed by atoms with van der Waals surface area (Å²) in [6, 6.07) is 9.49. The molecule has 1 aliphatic rings. The maximum atomic E-state index is 11.9. The molecule has 1 amide bonds. The van der Waals surface area contributed by atoms with E-state index in [0.717, 1.165) is 11.3 Å². The second kappa shape index (κ2) is 5.04. The Morgan fingerprint density at radius 1 is 1.28 bits per heavy atom. The molecule has 1 aromatic rings. The number of carbonyl (C=O) groups is 2. The average Bonchev–Trinajstić information content (AvgIpc) is 2.38. The van der Waals surface area contributed by atoms with Gasteiger partial charge in [-0.1, -0.05) is 36.4 Å². The molecule has 1 aromatic carbocycles. The van der Waals surface area contributed by atoms with Gasteiger partial charge in [-0.25, -0.2) is 0 Å². The number of allylic oxidation sites excluding steroid dienone is 2. The molecule has 0 aliphatic carbocycles. The van der Waals surface area contributed by atoms with Crippen LogP contribution in [0.4, 0.5) is 0 Å². The van der Waals surface area contributed by atoms with Crippen LogP contribution >= 0.6 is 0 Å². The third kappa shape index (κ3) is 2.27. The summed E-state index contributed by atoms with van der Waals surface area (Å²) in [7, 11) is 1.29. The number of rotatable bonds is 2. The number of ether oxygens (including phenoxy) is 1. The van der Waals surface area contributed by atoms with Crippen molar-refractivity contribution in [2.75, 3.05) is 7.11 Å². The Labute approximate surface area is 106 Å². The van der Waals surface area contributed by atoms with Gasteiger partial charge in [0.2, 0.25) is 5.91 Å². The molecule has 4 heteroatoms. The molecular formula is C14H15NO3. The molecule has 18 heavy (non-hydrogen) atoms. The van der Waals surface area contributed by atoms with Crippen molar-refractivity contribution < 1.29 is 14.3 Å². The largest absolute Gasteiger partial charge is 0.468 e. The normalized spacial score (nSPS) is 23.0. The molecule has 0 aromatic heterocycles. The molecule has 1 N–H and O–H groups in total. The highest BCUT2D eigenvalue weighted by Crippen LogP contribution is 2.31. The number of methoxy groups -OCH3 is 1. The summed E-state index contributed by atoms with van der Waals surface area (Å²) in [5, 5.41) is 2.67. The third-order valence-corrected chi connectivity index (χ3v) is 3.03. The second-order valence-electron chi connectivity index (χ2n) is 4.28. The molecule has 0 spiro atoms. The van der Waals surface area contributed by atoms with Crippen LogP contribution in [0, 0.1) is 5.92 Å². The minimum Gasteiger partial charge on any atom is -0.468 e. The van der Waals surface area contributed by atoms with E-state index in [-0.39, 0.29) is 11.8 Å². The van der Waals surface area contributed by atoms with Gasteiger partial charge in [0.05, 0.1) is 7.11 Å². The number of carbonyl (C=O) groups excluding carboxylic acids is 2. The lowest BCUT2D eigenvalue weighted by molar-refractivity contribution is -0.150. The predicted octanol–water partition coefficient (Wildman–Crippen LogP) is 1.59. The zero-order chi connectivity index (χ0) is 13.1. The summed E-state index contributed by atoms with van der Waals surface area (Å²) in [5.74, 6) is -1.91. The molecule has 1 aliphatic heterocycles. The van der Waals surface area contributed by atoms with E-state index in [9.17, 15) is 9.59 Å². The van der Waals surface area contributed by atoms with Crippen LogP contribution < -0.4 is 5.32 Å². The first-order valence-corrected chi connectivity index (χ1v) is 5.75. The van der Waals surface area contributed by atoms with Crippen LogP contribution in [-0.2, 0) is 14.3 Å².